The minimum atomic E-state index is -0.816. The van der Waals surface area contributed by atoms with E-state index in [4.69, 9.17) is 23.2 Å². The number of rotatable bonds is 7. The summed E-state index contributed by atoms with van der Waals surface area (Å²) in [5.74, 6) is 0. The van der Waals surface area contributed by atoms with E-state index in [9.17, 15) is 0 Å². The van der Waals surface area contributed by atoms with E-state index >= 15 is 0 Å². The molecule has 0 aliphatic rings. The Morgan fingerprint density at radius 1 is 0.815 bits per heavy atom. The molecule has 0 saturated carbocycles. The zero-order valence-electron chi connectivity index (χ0n) is 15.5. The van der Waals surface area contributed by atoms with E-state index in [0.717, 1.165) is 36.0 Å². The molecule has 0 radical (unpaired) electrons. The number of hydrogen-bond acceptors (Lipinski definition) is 0. The molecule has 2 heteroatoms. The molecule has 0 aromatic heterocycles. The Labute approximate surface area is 172 Å². The van der Waals surface area contributed by atoms with Gasteiger partial charge in [-0.2, -0.15) is 0 Å². The fourth-order valence-corrected chi connectivity index (χ4v) is 4.12. The maximum Gasteiger partial charge on any atom is 0.121 e. The zero-order chi connectivity index (χ0) is 19.1. The number of allylic oxidation sites excluding steroid dienone is 2. The second-order valence-corrected chi connectivity index (χ2v) is 7.64. The Hall–Kier alpha value is -2.02. The van der Waals surface area contributed by atoms with Gasteiger partial charge in [0.1, 0.15) is 4.87 Å². The van der Waals surface area contributed by atoms with Gasteiger partial charge in [-0.15, -0.1) is 11.6 Å². The van der Waals surface area contributed by atoms with Gasteiger partial charge in [0.25, 0.3) is 0 Å². The van der Waals surface area contributed by atoms with Gasteiger partial charge in [0.05, 0.1) is 0 Å². The van der Waals surface area contributed by atoms with Gasteiger partial charge >= 0.3 is 0 Å². The lowest BCUT2D eigenvalue weighted by atomic mass is 9.83. The van der Waals surface area contributed by atoms with Crippen LogP contribution in [-0.2, 0) is 11.3 Å². The van der Waals surface area contributed by atoms with Gasteiger partial charge in [-0.25, -0.2) is 0 Å². The van der Waals surface area contributed by atoms with Crippen molar-refractivity contribution in [1.82, 2.24) is 0 Å². The van der Waals surface area contributed by atoms with Crippen molar-refractivity contribution in [3.63, 3.8) is 0 Å². The molecule has 1 unspecified atom stereocenters. The lowest BCUT2D eigenvalue weighted by Gasteiger charge is -2.30. The number of alkyl halides is 1. The molecule has 0 aliphatic heterocycles. The van der Waals surface area contributed by atoms with Crippen molar-refractivity contribution in [2.75, 3.05) is 0 Å². The molecule has 0 aliphatic carbocycles. The molecule has 0 amide bonds. The average Bonchev–Trinajstić information content (AvgIpc) is 2.72. The smallest absolute Gasteiger partial charge is 0.103 e. The van der Waals surface area contributed by atoms with Crippen LogP contribution in [0.2, 0.25) is 5.02 Å². The highest BCUT2D eigenvalue weighted by Crippen LogP contribution is 2.45. The van der Waals surface area contributed by atoms with Crippen LogP contribution < -0.4 is 0 Å². The molecule has 0 heterocycles. The highest BCUT2D eigenvalue weighted by atomic mass is 35.5. The highest BCUT2D eigenvalue weighted by Gasteiger charge is 2.35. The summed E-state index contributed by atoms with van der Waals surface area (Å²) in [4.78, 5) is -0.816. The van der Waals surface area contributed by atoms with E-state index in [2.05, 4.69) is 55.5 Å². The van der Waals surface area contributed by atoms with Crippen molar-refractivity contribution >= 4 is 23.2 Å². The summed E-state index contributed by atoms with van der Waals surface area (Å²) < 4.78 is 0. The summed E-state index contributed by atoms with van der Waals surface area (Å²) in [5.41, 5.74) is 4.27. The summed E-state index contributed by atoms with van der Waals surface area (Å²) in [6.45, 7) is 2.06. The normalized spacial score (nSPS) is 13.6. The molecular weight excluding hydrogens is 371 g/mol. The van der Waals surface area contributed by atoms with Crippen molar-refractivity contribution < 1.29 is 0 Å². The van der Waals surface area contributed by atoms with Crippen LogP contribution in [0.4, 0.5) is 0 Å². The molecule has 0 fully saturated rings. The average molecular weight is 395 g/mol. The fourth-order valence-electron chi connectivity index (χ4n) is 3.38. The van der Waals surface area contributed by atoms with Crippen molar-refractivity contribution in [3.05, 3.63) is 118 Å². The Bertz CT molecular complexity index is 882. The molecule has 0 nitrogen and oxygen atoms in total. The van der Waals surface area contributed by atoms with Crippen molar-refractivity contribution in [1.29, 1.82) is 0 Å². The van der Waals surface area contributed by atoms with Crippen LogP contribution in [0.15, 0.2) is 91.0 Å². The molecule has 27 heavy (non-hydrogen) atoms. The first-order valence-electron chi connectivity index (χ1n) is 9.36. The third-order valence-electron chi connectivity index (χ3n) is 4.84. The van der Waals surface area contributed by atoms with Crippen LogP contribution in [0.3, 0.4) is 0 Å². The largest absolute Gasteiger partial charge is 0.121 e. The van der Waals surface area contributed by atoms with E-state index in [-0.39, 0.29) is 0 Å². The van der Waals surface area contributed by atoms with E-state index in [1.54, 1.807) is 0 Å². The van der Waals surface area contributed by atoms with Gasteiger partial charge in [0.15, 0.2) is 0 Å². The molecule has 138 valence electrons. The first-order valence-corrected chi connectivity index (χ1v) is 10.1. The Kier molecular flexibility index (Phi) is 6.77. The number of unbranched alkanes of at least 4 members (excludes halogenated alkanes) is 1. The van der Waals surface area contributed by atoms with Gasteiger partial charge < -0.3 is 0 Å². The van der Waals surface area contributed by atoms with Gasteiger partial charge in [-0.05, 0) is 48.9 Å². The number of benzene rings is 3. The summed E-state index contributed by atoms with van der Waals surface area (Å²) >= 11 is 13.9. The maximum absolute atomic E-state index is 7.33. The van der Waals surface area contributed by atoms with Crippen molar-refractivity contribution in [3.8, 4) is 0 Å². The second-order valence-electron chi connectivity index (χ2n) is 6.66. The zero-order valence-corrected chi connectivity index (χ0v) is 17.0. The van der Waals surface area contributed by atoms with Gasteiger partial charge in [-0.3, -0.25) is 0 Å². The monoisotopic (exact) mass is 394 g/mol. The van der Waals surface area contributed by atoms with Crippen LogP contribution >= 0.6 is 23.2 Å². The first kappa shape index (κ1) is 19.7. The third-order valence-corrected chi connectivity index (χ3v) is 5.81. The Morgan fingerprint density at radius 3 is 2.11 bits per heavy atom. The van der Waals surface area contributed by atoms with Crippen LogP contribution in [0.5, 0.6) is 0 Å². The minimum absolute atomic E-state index is 0.673. The highest BCUT2D eigenvalue weighted by molar-refractivity contribution is 6.34. The van der Waals surface area contributed by atoms with Gasteiger partial charge in [0.2, 0.25) is 0 Å². The summed E-state index contributed by atoms with van der Waals surface area (Å²) in [7, 11) is 0. The van der Waals surface area contributed by atoms with Crippen LogP contribution in [0.25, 0.3) is 0 Å². The quantitative estimate of drug-likeness (QED) is 0.166. The molecular formula is C25H24Cl2. The lowest BCUT2D eigenvalue weighted by Crippen LogP contribution is -2.22. The minimum Gasteiger partial charge on any atom is -0.103 e. The van der Waals surface area contributed by atoms with E-state index in [1.807, 2.05) is 42.5 Å². The third kappa shape index (κ3) is 4.46. The maximum atomic E-state index is 7.33. The van der Waals surface area contributed by atoms with E-state index in [0.29, 0.717) is 5.02 Å². The Balaban J connectivity index is 1.98. The number of aryl methyl sites for hydroxylation is 1. The van der Waals surface area contributed by atoms with Crippen molar-refractivity contribution in [2.24, 2.45) is 0 Å². The van der Waals surface area contributed by atoms with Crippen LogP contribution in [-0.4, -0.2) is 0 Å². The lowest BCUT2D eigenvalue weighted by molar-refractivity contribution is 0.836. The molecule has 3 rings (SSSR count). The first-order chi connectivity index (χ1) is 13.2. The second kappa shape index (κ2) is 9.26. The van der Waals surface area contributed by atoms with Crippen LogP contribution in [0, 0.1) is 0 Å². The molecule has 3 aromatic carbocycles. The topological polar surface area (TPSA) is 0 Å². The van der Waals surface area contributed by atoms with Gasteiger partial charge in [0, 0.05) is 10.6 Å². The predicted octanol–water partition coefficient (Wildman–Crippen LogP) is 7.77. The van der Waals surface area contributed by atoms with Crippen LogP contribution in [0.1, 0.15) is 42.0 Å². The predicted molar refractivity (Wildman–Crippen MR) is 118 cm³/mol. The van der Waals surface area contributed by atoms with E-state index < -0.39 is 4.87 Å². The van der Waals surface area contributed by atoms with E-state index in [1.165, 1.54) is 5.56 Å². The Morgan fingerprint density at radius 2 is 1.44 bits per heavy atom. The SMILES string of the molecule is C/C=C\CCCc1ccc(C(Cl)(c2ccccc2)c2ccccc2Cl)cc1. The van der Waals surface area contributed by atoms with Crippen molar-refractivity contribution in [2.45, 2.75) is 31.1 Å². The summed E-state index contributed by atoms with van der Waals surface area (Å²) in [6, 6.07) is 26.6. The summed E-state index contributed by atoms with van der Waals surface area (Å²) in [6.07, 6.45) is 7.65. The standard InChI is InChI=1S/C25H24Cl2/c1-2-3-4-6-11-20-16-18-22(19-17-20)25(27,21-12-7-5-8-13-21)23-14-9-10-15-24(23)26/h2-3,5,7-10,12-19H,4,6,11H2,1H3/b3-2-. The number of hydrogen-bond donors (Lipinski definition) is 0. The molecule has 0 spiro atoms. The fraction of sp³-hybridized carbons (Fsp3) is 0.200. The molecule has 3 aromatic rings. The number of halogens is 2. The molecule has 1 atom stereocenters. The molecule has 0 saturated heterocycles. The summed E-state index contributed by atoms with van der Waals surface area (Å²) in [5, 5.41) is 0.673. The molecule has 0 N–H and O–H groups in total. The van der Waals surface area contributed by atoms with Gasteiger partial charge in [-0.1, -0.05) is 96.5 Å². The molecule has 0 bridgehead atoms.